The molecule has 2 nitrogen and oxygen atoms in total. The Morgan fingerprint density at radius 3 is 2.58 bits per heavy atom. The van der Waals surface area contributed by atoms with Gasteiger partial charge in [0.15, 0.2) is 11.6 Å². The van der Waals surface area contributed by atoms with Crippen molar-refractivity contribution in [2.24, 2.45) is 0 Å². The van der Waals surface area contributed by atoms with Gasteiger partial charge in [-0.25, -0.2) is 13.2 Å². The Kier molecular flexibility index (Phi) is 3.85. The number of benzene rings is 2. The van der Waals surface area contributed by atoms with E-state index in [0.717, 1.165) is 12.1 Å². The van der Waals surface area contributed by atoms with E-state index in [0.29, 0.717) is 0 Å². The molecule has 0 aliphatic heterocycles. The lowest BCUT2D eigenvalue weighted by Gasteiger charge is -2.09. The molecule has 0 aromatic heterocycles. The van der Waals surface area contributed by atoms with Gasteiger partial charge in [-0.15, -0.1) is 0 Å². The van der Waals surface area contributed by atoms with E-state index >= 15 is 0 Å². The van der Waals surface area contributed by atoms with Crippen LogP contribution in [0.2, 0.25) is 5.02 Å². The largest absolute Gasteiger partial charge is 0.486 e. The first-order valence-electron chi connectivity index (χ1n) is 5.29. The monoisotopic (exact) mass is 287 g/mol. The van der Waals surface area contributed by atoms with Gasteiger partial charge in [0.1, 0.15) is 18.2 Å². The molecule has 0 atom stereocenters. The molecule has 2 N–H and O–H groups in total. The predicted octanol–water partition coefficient (Wildman–Crippen LogP) is 3.92. The summed E-state index contributed by atoms with van der Waals surface area (Å²) in [5.41, 5.74) is 5.01. The number of halogens is 4. The smallest absolute Gasteiger partial charge is 0.167 e. The molecule has 0 heterocycles. The third-order valence-electron chi connectivity index (χ3n) is 2.47. The first kappa shape index (κ1) is 13.5. The van der Waals surface area contributed by atoms with Crippen molar-refractivity contribution in [2.45, 2.75) is 6.61 Å². The summed E-state index contributed by atoms with van der Waals surface area (Å²) >= 11 is 5.59. The van der Waals surface area contributed by atoms with Crippen LogP contribution in [0.1, 0.15) is 5.56 Å². The van der Waals surface area contributed by atoms with Gasteiger partial charge in [-0.1, -0.05) is 23.7 Å². The molecule has 2 aromatic carbocycles. The van der Waals surface area contributed by atoms with Crippen LogP contribution in [0.4, 0.5) is 18.9 Å². The second-order valence-electron chi connectivity index (χ2n) is 3.81. The normalized spacial score (nSPS) is 10.5. The zero-order valence-electron chi connectivity index (χ0n) is 9.59. The van der Waals surface area contributed by atoms with E-state index in [-0.39, 0.29) is 28.6 Å². The molecular weight excluding hydrogens is 279 g/mol. The van der Waals surface area contributed by atoms with E-state index in [2.05, 4.69) is 0 Å². The summed E-state index contributed by atoms with van der Waals surface area (Å²) in [7, 11) is 0. The van der Waals surface area contributed by atoms with Crippen molar-refractivity contribution in [1.29, 1.82) is 0 Å². The molecule has 0 fully saturated rings. The number of rotatable bonds is 3. The molecule has 0 bridgehead atoms. The first-order chi connectivity index (χ1) is 8.99. The number of anilines is 1. The Hall–Kier alpha value is -1.88. The van der Waals surface area contributed by atoms with Crippen molar-refractivity contribution in [3.63, 3.8) is 0 Å². The van der Waals surface area contributed by atoms with Gasteiger partial charge in [-0.05, 0) is 6.07 Å². The summed E-state index contributed by atoms with van der Waals surface area (Å²) in [5.74, 6) is -2.61. The molecule has 0 aliphatic carbocycles. The number of nitrogens with two attached hydrogens (primary N) is 1. The number of hydrogen-bond acceptors (Lipinski definition) is 2. The highest BCUT2D eigenvalue weighted by Gasteiger charge is 2.11. The van der Waals surface area contributed by atoms with Gasteiger partial charge >= 0.3 is 0 Å². The molecule has 0 spiro atoms. The summed E-state index contributed by atoms with van der Waals surface area (Å²) in [6.45, 7) is -0.271. The number of nitrogen functional groups attached to an aromatic ring is 1. The Morgan fingerprint density at radius 1 is 1.11 bits per heavy atom. The maximum atomic E-state index is 13.5. The molecule has 100 valence electrons. The fourth-order valence-corrected chi connectivity index (χ4v) is 1.66. The third-order valence-corrected chi connectivity index (χ3v) is 2.76. The summed E-state index contributed by atoms with van der Waals surface area (Å²) in [6, 6.07) is 5.97. The molecule has 6 heteroatoms. The Balaban J connectivity index is 2.19. The van der Waals surface area contributed by atoms with E-state index in [1.54, 1.807) is 0 Å². The summed E-state index contributed by atoms with van der Waals surface area (Å²) in [4.78, 5) is 0. The highest BCUT2D eigenvalue weighted by Crippen LogP contribution is 2.25. The highest BCUT2D eigenvalue weighted by molar-refractivity contribution is 6.30. The van der Waals surface area contributed by atoms with Crippen molar-refractivity contribution in [1.82, 2.24) is 0 Å². The Labute approximate surface area is 112 Å². The molecule has 2 aromatic rings. The number of hydrogen-bond donors (Lipinski definition) is 1. The van der Waals surface area contributed by atoms with Crippen LogP contribution in [-0.2, 0) is 6.61 Å². The van der Waals surface area contributed by atoms with Crippen molar-refractivity contribution < 1.29 is 17.9 Å². The topological polar surface area (TPSA) is 35.2 Å². The zero-order valence-corrected chi connectivity index (χ0v) is 10.3. The van der Waals surface area contributed by atoms with E-state index in [4.69, 9.17) is 22.1 Å². The van der Waals surface area contributed by atoms with Crippen molar-refractivity contribution in [3.8, 4) is 5.75 Å². The fraction of sp³-hybridized carbons (Fsp3) is 0.0769. The van der Waals surface area contributed by atoms with Crippen LogP contribution >= 0.6 is 11.6 Å². The molecular formula is C13H9ClF3NO. The molecule has 0 aliphatic rings. The lowest BCUT2D eigenvalue weighted by atomic mass is 10.2. The molecule has 0 saturated carbocycles. The predicted molar refractivity (Wildman–Crippen MR) is 66.5 cm³/mol. The minimum absolute atomic E-state index is 0.0648. The van der Waals surface area contributed by atoms with Gasteiger partial charge < -0.3 is 10.5 Å². The lowest BCUT2D eigenvalue weighted by Crippen LogP contribution is -2.02. The van der Waals surface area contributed by atoms with Gasteiger partial charge in [0.05, 0.1) is 10.7 Å². The second kappa shape index (κ2) is 5.40. The maximum Gasteiger partial charge on any atom is 0.167 e. The SMILES string of the molecule is Nc1cc(F)c(OCc2cccc(Cl)c2F)cc1F. The first-order valence-corrected chi connectivity index (χ1v) is 5.67. The molecule has 0 unspecified atom stereocenters. The zero-order chi connectivity index (χ0) is 14.0. The minimum atomic E-state index is -0.818. The molecule has 2 rings (SSSR count). The highest BCUT2D eigenvalue weighted by atomic mass is 35.5. The minimum Gasteiger partial charge on any atom is -0.486 e. The van der Waals surface area contributed by atoms with Crippen molar-refractivity contribution in [2.75, 3.05) is 5.73 Å². The molecule has 0 radical (unpaired) electrons. The lowest BCUT2D eigenvalue weighted by molar-refractivity contribution is 0.283. The van der Waals surface area contributed by atoms with E-state index in [1.165, 1.54) is 18.2 Å². The Bertz CT molecular complexity index is 619. The van der Waals surface area contributed by atoms with Gasteiger partial charge in [-0.2, -0.15) is 0 Å². The Morgan fingerprint density at radius 2 is 1.84 bits per heavy atom. The number of ether oxygens (including phenoxy) is 1. The van der Waals surface area contributed by atoms with E-state index in [1.807, 2.05) is 0 Å². The van der Waals surface area contributed by atoms with Crippen LogP contribution in [-0.4, -0.2) is 0 Å². The third kappa shape index (κ3) is 2.93. The van der Waals surface area contributed by atoms with Gasteiger partial charge in [0.25, 0.3) is 0 Å². The summed E-state index contributed by atoms with van der Waals surface area (Å²) in [6.07, 6.45) is 0. The van der Waals surface area contributed by atoms with Gasteiger partial charge in [0.2, 0.25) is 0 Å². The standard InChI is InChI=1S/C13H9ClF3NO/c14-8-3-1-2-7(13(8)17)6-19-12-5-9(15)11(18)4-10(12)16/h1-5H,6,18H2. The van der Waals surface area contributed by atoms with Crippen LogP contribution in [0.5, 0.6) is 5.75 Å². The second-order valence-corrected chi connectivity index (χ2v) is 4.21. The van der Waals surface area contributed by atoms with Crippen LogP contribution in [0, 0.1) is 17.5 Å². The van der Waals surface area contributed by atoms with Crippen molar-refractivity contribution >= 4 is 17.3 Å². The molecule has 19 heavy (non-hydrogen) atoms. The van der Waals surface area contributed by atoms with Crippen LogP contribution < -0.4 is 10.5 Å². The van der Waals surface area contributed by atoms with Gasteiger partial charge in [0, 0.05) is 17.7 Å². The quantitative estimate of drug-likeness (QED) is 0.869. The fourth-order valence-electron chi connectivity index (χ4n) is 1.47. The average molecular weight is 288 g/mol. The average Bonchev–Trinajstić information content (AvgIpc) is 2.37. The molecule has 0 saturated heterocycles. The van der Waals surface area contributed by atoms with Crippen LogP contribution in [0.25, 0.3) is 0 Å². The van der Waals surface area contributed by atoms with Crippen LogP contribution in [0.15, 0.2) is 30.3 Å². The van der Waals surface area contributed by atoms with Crippen LogP contribution in [0.3, 0.4) is 0 Å². The summed E-state index contributed by atoms with van der Waals surface area (Å²) in [5, 5.41) is -0.0648. The van der Waals surface area contributed by atoms with Crippen molar-refractivity contribution in [3.05, 3.63) is 58.4 Å². The summed E-state index contributed by atoms with van der Waals surface area (Å²) < 4.78 is 45.2. The molecule has 0 amide bonds. The maximum absolute atomic E-state index is 13.5. The van der Waals surface area contributed by atoms with Gasteiger partial charge in [-0.3, -0.25) is 0 Å². The van der Waals surface area contributed by atoms with E-state index < -0.39 is 17.5 Å². The van der Waals surface area contributed by atoms with E-state index in [9.17, 15) is 13.2 Å².